The molecule has 0 saturated heterocycles. The molecule has 0 heterocycles. The average Bonchev–Trinajstić information content (AvgIpc) is 2.26. The Balaban J connectivity index is 2.88. The van der Waals surface area contributed by atoms with Gasteiger partial charge in [-0.2, -0.15) is 13.2 Å². The summed E-state index contributed by atoms with van der Waals surface area (Å²) in [5, 5.41) is 0. The molecule has 0 atom stereocenters. The molecule has 0 spiro atoms. The van der Waals surface area contributed by atoms with E-state index in [1.807, 2.05) is 0 Å². The third kappa shape index (κ3) is 3.83. The molecule has 0 fully saturated rings. The molecular weight excluding hydrogens is 251 g/mol. The van der Waals surface area contributed by atoms with E-state index in [1.165, 1.54) is 18.2 Å². The van der Waals surface area contributed by atoms with Crippen LogP contribution in [0.3, 0.4) is 0 Å². The quantitative estimate of drug-likeness (QED) is 0.669. The van der Waals surface area contributed by atoms with E-state index in [1.54, 1.807) is 6.92 Å². The molecule has 0 saturated carbocycles. The third-order valence-corrected chi connectivity index (χ3v) is 1.95. The average molecular weight is 263 g/mol. The predicted molar refractivity (Wildman–Crippen MR) is 58.4 cm³/mol. The van der Waals surface area contributed by atoms with Crippen LogP contribution in [-0.4, -0.2) is 25.4 Å². The fourth-order valence-corrected chi connectivity index (χ4v) is 1.22. The Kier molecular flexibility index (Phi) is 4.41. The highest BCUT2D eigenvalue weighted by atomic mass is 19.4. The molecule has 1 aromatic carbocycles. The van der Waals surface area contributed by atoms with Gasteiger partial charge in [0.1, 0.15) is 5.75 Å². The summed E-state index contributed by atoms with van der Waals surface area (Å²) in [4.78, 5) is 11.4. The first-order valence-electron chi connectivity index (χ1n) is 5.10. The molecule has 7 heteroatoms. The maximum atomic E-state index is 12.0. The van der Waals surface area contributed by atoms with E-state index < -0.39 is 18.8 Å². The van der Waals surface area contributed by atoms with Crippen molar-refractivity contribution in [2.24, 2.45) is 0 Å². The normalized spacial score (nSPS) is 11.1. The van der Waals surface area contributed by atoms with Gasteiger partial charge >= 0.3 is 12.1 Å². The largest absolute Gasteiger partial charge is 0.482 e. The van der Waals surface area contributed by atoms with Crippen LogP contribution in [0.4, 0.5) is 18.9 Å². The summed E-state index contributed by atoms with van der Waals surface area (Å²) in [6.07, 6.45) is -4.47. The van der Waals surface area contributed by atoms with Gasteiger partial charge in [-0.1, -0.05) is 6.07 Å². The van der Waals surface area contributed by atoms with Crippen LogP contribution in [0.1, 0.15) is 17.3 Å². The Hall–Kier alpha value is -1.92. The minimum absolute atomic E-state index is 0.0171. The van der Waals surface area contributed by atoms with Gasteiger partial charge in [-0.15, -0.1) is 0 Å². The van der Waals surface area contributed by atoms with Gasteiger partial charge in [0.05, 0.1) is 17.9 Å². The Bertz CT molecular complexity index is 432. The maximum absolute atomic E-state index is 12.0. The number of para-hydroxylation sites is 1. The summed E-state index contributed by atoms with van der Waals surface area (Å²) in [7, 11) is 0. The number of benzene rings is 1. The van der Waals surface area contributed by atoms with Gasteiger partial charge in [0.2, 0.25) is 0 Å². The fourth-order valence-electron chi connectivity index (χ4n) is 1.22. The summed E-state index contributed by atoms with van der Waals surface area (Å²) < 4.78 is 45.2. The molecule has 0 aliphatic rings. The number of carbonyl (C=O) groups excluding carboxylic acids is 1. The van der Waals surface area contributed by atoms with Crippen molar-refractivity contribution in [3.63, 3.8) is 0 Å². The van der Waals surface area contributed by atoms with E-state index in [0.29, 0.717) is 0 Å². The molecule has 4 nitrogen and oxygen atoms in total. The van der Waals surface area contributed by atoms with Gasteiger partial charge in [-0.05, 0) is 19.1 Å². The van der Waals surface area contributed by atoms with Crippen molar-refractivity contribution in [3.05, 3.63) is 23.8 Å². The zero-order valence-corrected chi connectivity index (χ0v) is 9.58. The number of esters is 1. The lowest BCUT2D eigenvalue weighted by atomic mass is 10.1. The monoisotopic (exact) mass is 263 g/mol. The second-order valence-electron chi connectivity index (χ2n) is 3.34. The lowest BCUT2D eigenvalue weighted by Gasteiger charge is -2.13. The third-order valence-electron chi connectivity index (χ3n) is 1.95. The van der Waals surface area contributed by atoms with E-state index in [4.69, 9.17) is 10.5 Å². The first-order valence-corrected chi connectivity index (χ1v) is 5.10. The summed E-state index contributed by atoms with van der Waals surface area (Å²) in [5.74, 6) is -0.898. The molecule has 1 rings (SSSR count). The molecule has 0 unspecified atom stereocenters. The second-order valence-corrected chi connectivity index (χ2v) is 3.34. The van der Waals surface area contributed by atoms with Crippen molar-refractivity contribution in [1.29, 1.82) is 0 Å². The van der Waals surface area contributed by atoms with Crippen LogP contribution >= 0.6 is 0 Å². The number of nitrogens with two attached hydrogens (primary N) is 1. The van der Waals surface area contributed by atoms with E-state index in [2.05, 4.69) is 4.74 Å². The SMILES string of the molecule is CCOC(=O)c1cccc(OCC(F)(F)F)c1N. The Morgan fingerprint density at radius 3 is 2.61 bits per heavy atom. The zero-order valence-electron chi connectivity index (χ0n) is 9.58. The lowest BCUT2D eigenvalue weighted by molar-refractivity contribution is -0.153. The number of halogens is 3. The van der Waals surface area contributed by atoms with Crippen molar-refractivity contribution < 1.29 is 27.4 Å². The molecule has 0 amide bonds. The van der Waals surface area contributed by atoms with Crippen molar-refractivity contribution in [2.75, 3.05) is 18.9 Å². The number of carbonyl (C=O) groups is 1. The molecule has 1 aromatic rings. The van der Waals surface area contributed by atoms with E-state index in [-0.39, 0.29) is 23.6 Å². The van der Waals surface area contributed by atoms with Crippen molar-refractivity contribution in [1.82, 2.24) is 0 Å². The topological polar surface area (TPSA) is 61.5 Å². The van der Waals surface area contributed by atoms with Gasteiger partial charge < -0.3 is 15.2 Å². The highest BCUT2D eigenvalue weighted by Crippen LogP contribution is 2.27. The van der Waals surface area contributed by atoms with Gasteiger partial charge in [0.25, 0.3) is 0 Å². The molecule has 2 N–H and O–H groups in total. The molecule has 100 valence electrons. The number of ether oxygens (including phenoxy) is 2. The maximum Gasteiger partial charge on any atom is 0.422 e. The lowest BCUT2D eigenvalue weighted by Crippen LogP contribution is -2.20. The van der Waals surface area contributed by atoms with Gasteiger partial charge in [-0.25, -0.2) is 4.79 Å². The molecular formula is C11H12F3NO3. The summed E-state index contributed by atoms with van der Waals surface area (Å²) in [6.45, 7) is 0.285. The number of hydrogen-bond donors (Lipinski definition) is 1. The van der Waals surface area contributed by atoms with Crippen LogP contribution in [0.15, 0.2) is 18.2 Å². The Morgan fingerprint density at radius 2 is 2.06 bits per heavy atom. The highest BCUT2D eigenvalue weighted by molar-refractivity contribution is 5.96. The predicted octanol–water partition coefficient (Wildman–Crippen LogP) is 2.39. The smallest absolute Gasteiger partial charge is 0.422 e. The van der Waals surface area contributed by atoms with Crippen molar-refractivity contribution in [2.45, 2.75) is 13.1 Å². The molecule has 0 radical (unpaired) electrons. The van der Waals surface area contributed by atoms with Crippen LogP contribution in [-0.2, 0) is 4.74 Å². The molecule has 0 aliphatic carbocycles. The van der Waals surface area contributed by atoms with E-state index in [0.717, 1.165) is 0 Å². The van der Waals surface area contributed by atoms with Crippen molar-refractivity contribution >= 4 is 11.7 Å². The number of rotatable bonds is 4. The van der Waals surface area contributed by atoms with Crippen molar-refractivity contribution in [3.8, 4) is 5.75 Å². The van der Waals surface area contributed by atoms with E-state index in [9.17, 15) is 18.0 Å². The highest BCUT2D eigenvalue weighted by Gasteiger charge is 2.29. The minimum Gasteiger partial charge on any atom is -0.482 e. The summed E-state index contributed by atoms with van der Waals surface area (Å²) in [6, 6.07) is 3.98. The van der Waals surface area contributed by atoms with Crippen LogP contribution in [0.2, 0.25) is 0 Å². The molecule has 0 aromatic heterocycles. The fraction of sp³-hybridized carbons (Fsp3) is 0.364. The first kappa shape index (κ1) is 14.1. The number of nitrogen functional groups attached to an aromatic ring is 1. The van der Waals surface area contributed by atoms with Gasteiger partial charge in [0.15, 0.2) is 6.61 Å². The number of alkyl halides is 3. The van der Waals surface area contributed by atoms with E-state index >= 15 is 0 Å². The summed E-state index contributed by atoms with van der Waals surface area (Å²) in [5.41, 5.74) is 5.37. The molecule has 18 heavy (non-hydrogen) atoms. The van der Waals surface area contributed by atoms with Gasteiger partial charge in [-0.3, -0.25) is 0 Å². The van der Waals surface area contributed by atoms with Crippen LogP contribution < -0.4 is 10.5 Å². The number of hydrogen-bond acceptors (Lipinski definition) is 4. The van der Waals surface area contributed by atoms with Crippen LogP contribution in [0.5, 0.6) is 5.75 Å². The molecule has 0 aliphatic heterocycles. The van der Waals surface area contributed by atoms with Gasteiger partial charge in [0, 0.05) is 0 Å². The number of anilines is 1. The second kappa shape index (κ2) is 5.61. The zero-order chi connectivity index (χ0) is 13.8. The van der Waals surface area contributed by atoms with Crippen LogP contribution in [0.25, 0.3) is 0 Å². The summed E-state index contributed by atoms with van der Waals surface area (Å²) >= 11 is 0. The minimum atomic E-state index is -4.47. The van der Waals surface area contributed by atoms with Crippen LogP contribution in [0, 0.1) is 0 Å². The Morgan fingerprint density at radius 1 is 1.39 bits per heavy atom. The standard InChI is InChI=1S/C11H12F3NO3/c1-2-17-10(16)7-4-3-5-8(9(7)15)18-6-11(12,13)14/h3-5H,2,6,15H2,1H3. The molecule has 0 bridgehead atoms. The first-order chi connectivity index (χ1) is 8.35. The Labute approximate surface area is 101 Å².